The van der Waals surface area contributed by atoms with Gasteiger partial charge in [-0.15, -0.1) is 0 Å². The number of nitrogen functional groups attached to an aromatic ring is 1. The third-order valence-corrected chi connectivity index (χ3v) is 4.77. The fourth-order valence-electron chi connectivity index (χ4n) is 3.09. The van der Waals surface area contributed by atoms with Crippen LogP contribution in [-0.4, -0.2) is 35.4 Å². The van der Waals surface area contributed by atoms with Crippen LogP contribution in [-0.2, 0) is 9.53 Å². The predicted molar refractivity (Wildman–Crippen MR) is 119 cm³/mol. The molecular formula is C24H18F4N4O3. The third kappa shape index (κ3) is 6.54. The molecule has 7 nitrogen and oxygen atoms in total. The number of halogens is 4. The Morgan fingerprint density at radius 2 is 1.83 bits per heavy atom. The quantitative estimate of drug-likeness (QED) is 0.237. The molecular weight excluding hydrogens is 468 g/mol. The number of methoxy groups -OCH3 is 1. The number of amides is 1. The number of esters is 1. The number of nitrogens with zero attached hydrogens (tertiary/aromatic N) is 2. The molecule has 0 radical (unpaired) electrons. The summed E-state index contributed by atoms with van der Waals surface area (Å²) in [6.07, 6.45) is -2.24. The maximum Gasteiger partial charge on any atom is 0.340 e. The molecule has 1 atom stereocenters. The van der Waals surface area contributed by atoms with Gasteiger partial charge in [0.1, 0.15) is 17.3 Å². The fourth-order valence-corrected chi connectivity index (χ4v) is 3.09. The van der Waals surface area contributed by atoms with Crippen molar-refractivity contribution in [2.24, 2.45) is 0 Å². The van der Waals surface area contributed by atoms with Crippen LogP contribution in [0.2, 0.25) is 0 Å². The van der Waals surface area contributed by atoms with Crippen molar-refractivity contribution in [2.75, 3.05) is 18.2 Å². The Balaban J connectivity index is 1.84. The van der Waals surface area contributed by atoms with Crippen LogP contribution in [0.4, 0.5) is 29.1 Å². The van der Waals surface area contributed by atoms with Crippen molar-refractivity contribution in [2.45, 2.75) is 18.8 Å². The second kappa shape index (κ2) is 11.1. The maximum absolute atomic E-state index is 13.8. The molecule has 3 rings (SSSR count). The molecule has 1 unspecified atom stereocenters. The molecule has 3 N–H and O–H groups in total. The summed E-state index contributed by atoms with van der Waals surface area (Å²) in [5.41, 5.74) is 5.73. The minimum absolute atomic E-state index is 0.0126. The monoisotopic (exact) mass is 486 g/mol. The summed E-state index contributed by atoms with van der Waals surface area (Å²) in [5.74, 6) is 0.781. The summed E-state index contributed by atoms with van der Waals surface area (Å²) in [4.78, 5) is 32.0. The number of nitrogens with two attached hydrogens (primary N) is 1. The molecule has 2 aromatic heterocycles. The van der Waals surface area contributed by atoms with E-state index < -0.39 is 42.4 Å². The largest absolute Gasteiger partial charge is 0.465 e. The first-order valence-electron chi connectivity index (χ1n) is 10.0. The number of ether oxygens (including phenoxy) is 1. The van der Waals surface area contributed by atoms with Crippen LogP contribution >= 0.6 is 0 Å². The van der Waals surface area contributed by atoms with Crippen LogP contribution in [0.1, 0.15) is 39.5 Å². The number of alkyl halides is 2. The Hall–Kier alpha value is -4.46. The van der Waals surface area contributed by atoms with Crippen molar-refractivity contribution in [3.63, 3.8) is 0 Å². The molecule has 0 spiro atoms. The molecule has 0 bridgehead atoms. The Morgan fingerprint density at radius 1 is 1.11 bits per heavy atom. The van der Waals surface area contributed by atoms with E-state index in [1.165, 1.54) is 30.5 Å². The highest BCUT2D eigenvalue weighted by Crippen LogP contribution is 2.25. The lowest BCUT2D eigenvalue weighted by Gasteiger charge is -2.16. The van der Waals surface area contributed by atoms with E-state index in [2.05, 4.69) is 31.9 Å². The van der Waals surface area contributed by atoms with Gasteiger partial charge in [-0.05, 0) is 35.7 Å². The summed E-state index contributed by atoms with van der Waals surface area (Å²) in [7, 11) is 1.11. The molecule has 1 amide bonds. The van der Waals surface area contributed by atoms with Crippen LogP contribution in [0.5, 0.6) is 0 Å². The predicted octanol–water partition coefficient (Wildman–Crippen LogP) is 3.90. The Labute approximate surface area is 197 Å². The molecule has 0 aliphatic heterocycles. The van der Waals surface area contributed by atoms with E-state index in [9.17, 15) is 27.2 Å². The van der Waals surface area contributed by atoms with Crippen molar-refractivity contribution in [1.29, 1.82) is 0 Å². The van der Waals surface area contributed by atoms with Crippen molar-refractivity contribution in [3.05, 3.63) is 82.8 Å². The standard InChI is InChI=1S/C24H18F4N4O3/c1-35-24(34)17-12-20(28)31-18(22(17)29)7-2-13-8-9-30-21(10-13)32-23(33)16(11-19(26)27)14-3-5-15(25)6-4-14/h3-6,8-10,12,16,19H,11,29H2,1H3,(H,30,32,33). The van der Waals surface area contributed by atoms with Gasteiger partial charge >= 0.3 is 5.97 Å². The number of rotatable bonds is 6. The highest BCUT2D eigenvalue weighted by Gasteiger charge is 2.25. The molecule has 2 heterocycles. The molecule has 1 aromatic carbocycles. The lowest BCUT2D eigenvalue weighted by atomic mass is 9.95. The smallest absolute Gasteiger partial charge is 0.340 e. The number of anilines is 2. The fraction of sp³-hybridized carbons (Fsp3) is 0.167. The molecule has 11 heteroatoms. The number of carbonyl (C=O) groups is 2. The minimum atomic E-state index is -2.78. The summed E-state index contributed by atoms with van der Waals surface area (Å²) >= 11 is 0. The average Bonchev–Trinajstić information content (AvgIpc) is 2.83. The number of hydrogen-bond acceptors (Lipinski definition) is 6. The molecule has 0 saturated carbocycles. The second-order valence-electron chi connectivity index (χ2n) is 7.15. The second-order valence-corrected chi connectivity index (χ2v) is 7.15. The van der Waals surface area contributed by atoms with Gasteiger partial charge < -0.3 is 15.8 Å². The van der Waals surface area contributed by atoms with Gasteiger partial charge in [-0.25, -0.2) is 27.9 Å². The van der Waals surface area contributed by atoms with Crippen LogP contribution in [0.3, 0.4) is 0 Å². The number of hydrogen-bond donors (Lipinski definition) is 2. The molecule has 35 heavy (non-hydrogen) atoms. The molecule has 0 fully saturated rings. The van der Waals surface area contributed by atoms with Gasteiger partial charge in [0.15, 0.2) is 0 Å². The minimum Gasteiger partial charge on any atom is -0.465 e. The lowest BCUT2D eigenvalue weighted by molar-refractivity contribution is -0.118. The first-order valence-corrected chi connectivity index (χ1v) is 10.0. The number of benzene rings is 1. The molecule has 0 aliphatic rings. The van der Waals surface area contributed by atoms with Gasteiger partial charge in [-0.2, -0.15) is 4.39 Å². The normalized spacial score (nSPS) is 11.4. The van der Waals surface area contributed by atoms with Gasteiger partial charge in [0, 0.05) is 24.2 Å². The molecule has 3 aromatic rings. The summed E-state index contributed by atoms with van der Waals surface area (Å²) in [6.45, 7) is 0. The summed E-state index contributed by atoms with van der Waals surface area (Å²) in [5, 5.41) is 2.44. The van der Waals surface area contributed by atoms with Crippen LogP contribution < -0.4 is 11.1 Å². The zero-order valence-corrected chi connectivity index (χ0v) is 18.2. The number of pyridine rings is 2. The third-order valence-electron chi connectivity index (χ3n) is 4.77. The van der Waals surface area contributed by atoms with E-state index in [4.69, 9.17) is 5.73 Å². The average molecular weight is 486 g/mol. The Bertz CT molecular complexity index is 1300. The zero-order valence-electron chi connectivity index (χ0n) is 18.2. The molecule has 180 valence electrons. The van der Waals surface area contributed by atoms with E-state index >= 15 is 0 Å². The van der Waals surface area contributed by atoms with Crippen molar-refractivity contribution in [1.82, 2.24) is 9.97 Å². The molecule has 0 aliphatic carbocycles. The Kier molecular flexibility index (Phi) is 7.99. The van der Waals surface area contributed by atoms with E-state index in [0.29, 0.717) is 5.56 Å². The number of carbonyl (C=O) groups excluding carboxylic acids is 2. The highest BCUT2D eigenvalue weighted by atomic mass is 19.3. The number of aromatic nitrogens is 2. The van der Waals surface area contributed by atoms with Crippen LogP contribution in [0.25, 0.3) is 0 Å². The van der Waals surface area contributed by atoms with Crippen LogP contribution in [0, 0.1) is 23.6 Å². The van der Waals surface area contributed by atoms with Crippen LogP contribution in [0.15, 0.2) is 48.7 Å². The van der Waals surface area contributed by atoms with Crippen molar-refractivity contribution >= 4 is 23.4 Å². The summed E-state index contributed by atoms with van der Waals surface area (Å²) in [6, 6.07) is 8.32. The summed E-state index contributed by atoms with van der Waals surface area (Å²) < 4.78 is 57.7. The first kappa shape index (κ1) is 25.2. The highest BCUT2D eigenvalue weighted by molar-refractivity contribution is 5.96. The van der Waals surface area contributed by atoms with Gasteiger partial charge in [-0.1, -0.05) is 18.1 Å². The van der Waals surface area contributed by atoms with E-state index in [-0.39, 0.29) is 28.3 Å². The molecule has 0 saturated heterocycles. The SMILES string of the molecule is COC(=O)c1cc(F)nc(C#Cc2ccnc(NC(=O)C(CC(F)F)c3ccc(F)cc3)c2)c1N. The topological polar surface area (TPSA) is 107 Å². The van der Waals surface area contributed by atoms with Gasteiger partial charge in [0.2, 0.25) is 18.3 Å². The van der Waals surface area contributed by atoms with Gasteiger partial charge in [-0.3, -0.25) is 4.79 Å². The van der Waals surface area contributed by atoms with Gasteiger partial charge in [0.25, 0.3) is 0 Å². The van der Waals surface area contributed by atoms with Crippen molar-refractivity contribution in [3.8, 4) is 11.8 Å². The van der Waals surface area contributed by atoms with Crippen molar-refractivity contribution < 1.29 is 31.9 Å². The van der Waals surface area contributed by atoms with E-state index in [1.807, 2.05) is 0 Å². The van der Waals surface area contributed by atoms with E-state index in [0.717, 1.165) is 25.3 Å². The Morgan fingerprint density at radius 3 is 2.49 bits per heavy atom. The van der Waals surface area contributed by atoms with Gasteiger partial charge in [0.05, 0.1) is 24.3 Å². The zero-order chi connectivity index (χ0) is 25.5. The van der Waals surface area contributed by atoms with E-state index in [1.54, 1.807) is 0 Å². The maximum atomic E-state index is 13.8. The lowest BCUT2D eigenvalue weighted by Crippen LogP contribution is -2.23. The number of nitrogens with one attached hydrogen (secondary N) is 1. The first-order chi connectivity index (χ1) is 16.7.